The number of benzene rings is 2. The summed E-state index contributed by atoms with van der Waals surface area (Å²) >= 11 is 0. The summed E-state index contributed by atoms with van der Waals surface area (Å²) in [7, 11) is -2.21. The zero-order valence-corrected chi connectivity index (χ0v) is 19.1. The molecule has 2 N–H and O–H groups in total. The highest BCUT2D eigenvalue weighted by atomic mass is 32.2. The van der Waals surface area contributed by atoms with Gasteiger partial charge >= 0.3 is 0 Å². The molecule has 7 heteroatoms. The van der Waals surface area contributed by atoms with Crippen LogP contribution in [-0.4, -0.2) is 34.6 Å². The first-order valence-corrected chi connectivity index (χ1v) is 11.6. The molecule has 0 aromatic heterocycles. The average Bonchev–Trinajstić information content (AvgIpc) is 2.72. The van der Waals surface area contributed by atoms with Gasteiger partial charge in [-0.15, -0.1) is 0 Å². The number of methoxy groups -OCH3 is 1. The lowest BCUT2D eigenvalue weighted by atomic mass is 9.93. The van der Waals surface area contributed by atoms with E-state index in [4.69, 9.17) is 4.74 Å². The molecule has 2 aromatic carbocycles. The summed E-state index contributed by atoms with van der Waals surface area (Å²) in [4.78, 5) is 13.0. The smallest absolute Gasteiger partial charge is 0.251 e. The van der Waals surface area contributed by atoms with E-state index in [1.54, 1.807) is 12.1 Å². The van der Waals surface area contributed by atoms with E-state index < -0.39 is 10.0 Å². The van der Waals surface area contributed by atoms with Gasteiger partial charge in [0.05, 0.1) is 17.5 Å². The van der Waals surface area contributed by atoms with Gasteiger partial charge in [-0.3, -0.25) is 4.79 Å². The monoisotopic (exact) mass is 432 g/mol. The Morgan fingerprint density at radius 3 is 2.20 bits per heavy atom. The molecule has 1 atom stereocenters. The minimum absolute atomic E-state index is 0.0497. The van der Waals surface area contributed by atoms with Crippen LogP contribution in [0.5, 0.6) is 0 Å². The average molecular weight is 433 g/mol. The van der Waals surface area contributed by atoms with Crippen LogP contribution in [0.15, 0.2) is 53.4 Å². The highest BCUT2D eigenvalue weighted by Crippen LogP contribution is 2.25. The van der Waals surface area contributed by atoms with Crippen molar-refractivity contribution in [3.05, 3.63) is 65.2 Å². The van der Waals surface area contributed by atoms with E-state index in [0.717, 1.165) is 5.56 Å². The van der Waals surface area contributed by atoms with Crippen LogP contribution in [-0.2, 0) is 14.8 Å². The maximum Gasteiger partial charge on any atom is 0.251 e. The Bertz CT molecular complexity index is 938. The molecular formula is C23H32N2O4S. The minimum atomic E-state index is -3.71. The molecule has 6 nitrogen and oxygen atoms in total. The van der Waals surface area contributed by atoms with Crippen LogP contribution < -0.4 is 10.0 Å². The molecule has 1 amide bonds. The van der Waals surface area contributed by atoms with E-state index in [2.05, 4.69) is 36.0 Å². The normalized spacial score (nSPS) is 12.9. The number of nitrogens with one attached hydrogen (secondary N) is 2. The van der Waals surface area contributed by atoms with Crippen molar-refractivity contribution in [2.24, 2.45) is 5.92 Å². The Labute approximate surface area is 180 Å². The van der Waals surface area contributed by atoms with Crippen molar-refractivity contribution in [2.75, 3.05) is 20.3 Å². The van der Waals surface area contributed by atoms with E-state index in [9.17, 15) is 13.2 Å². The first-order chi connectivity index (χ1) is 14.2. The number of hydrogen-bond donors (Lipinski definition) is 2. The topological polar surface area (TPSA) is 84.5 Å². The first-order valence-electron chi connectivity index (χ1n) is 10.1. The van der Waals surface area contributed by atoms with Crippen LogP contribution in [0.25, 0.3) is 0 Å². The van der Waals surface area contributed by atoms with Crippen molar-refractivity contribution in [3.63, 3.8) is 0 Å². The number of rotatable bonds is 10. The Balaban J connectivity index is 2.20. The van der Waals surface area contributed by atoms with Gasteiger partial charge in [0.2, 0.25) is 10.0 Å². The molecular weight excluding hydrogens is 400 g/mol. The SMILES string of the molecule is COCCNS(=O)(=O)c1cccc(C(=O)NC(c2ccc(C(C)C)cc2)C(C)C)c1. The molecule has 0 aliphatic rings. The lowest BCUT2D eigenvalue weighted by Gasteiger charge is -2.23. The number of amides is 1. The van der Waals surface area contributed by atoms with Crippen molar-refractivity contribution in [1.82, 2.24) is 10.0 Å². The molecule has 2 rings (SSSR count). The fraction of sp³-hybridized carbons (Fsp3) is 0.435. The van der Waals surface area contributed by atoms with Gasteiger partial charge in [-0.05, 0) is 41.2 Å². The summed E-state index contributed by atoms with van der Waals surface area (Å²) < 4.78 is 32.2. The molecule has 0 saturated heterocycles. The molecule has 0 radical (unpaired) electrons. The van der Waals surface area contributed by atoms with Gasteiger partial charge in [0.1, 0.15) is 0 Å². The van der Waals surface area contributed by atoms with Crippen LogP contribution in [0.1, 0.15) is 61.1 Å². The molecule has 0 saturated carbocycles. The standard InChI is InChI=1S/C23H32N2O4S/c1-16(2)18-9-11-19(12-10-18)22(17(3)4)25-23(26)20-7-6-8-21(15-20)30(27,28)24-13-14-29-5/h6-12,15-17,22,24H,13-14H2,1-5H3,(H,25,26). The number of carbonyl (C=O) groups excluding carboxylic acids is 1. The van der Waals surface area contributed by atoms with Gasteiger partial charge in [-0.2, -0.15) is 0 Å². The molecule has 30 heavy (non-hydrogen) atoms. The van der Waals surface area contributed by atoms with Gasteiger partial charge in [0.25, 0.3) is 5.91 Å². The fourth-order valence-corrected chi connectivity index (χ4v) is 4.17. The second-order valence-corrected chi connectivity index (χ2v) is 9.70. The second kappa shape index (κ2) is 10.7. The van der Waals surface area contributed by atoms with E-state index >= 15 is 0 Å². The van der Waals surface area contributed by atoms with E-state index in [1.165, 1.54) is 24.8 Å². The summed E-state index contributed by atoms with van der Waals surface area (Å²) in [6.45, 7) is 8.80. The predicted octanol–water partition coefficient (Wildman–Crippen LogP) is 3.86. The predicted molar refractivity (Wildman–Crippen MR) is 119 cm³/mol. The Morgan fingerprint density at radius 1 is 1.00 bits per heavy atom. The van der Waals surface area contributed by atoms with E-state index in [1.807, 2.05) is 26.0 Å². The molecule has 0 bridgehead atoms. The number of carbonyl (C=O) groups is 1. The van der Waals surface area contributed by atoms with E-state index in [0.29, 0.717) is 11.5 Å². The van der Waals surface area contributed by atoms with E-state index in [-0.39, 0.29) is 35.9 Å². The molecule has 2 aromatic rings. The first kappa shape index (κ1) is 24.1. The van der Waals surface area contributed by atoms with Crippen molar-refractivity contribution >= 4 is 15.9 Å². The summed E-state index contributed by atoms with van der Waals surface area (Å²) in [5.74, 6) is 0.297. The van der Waals surface area contributed by atoms with Gasteiger partial charge in [0.15, 0.2) is 0 Å². The van der Waals surface area contributed by atoms with Gasteiger partial charge in [-0.25, -0.2) is 13.1 Å². The van der Waals surface area contributed by atoms with Gasteiger partial charge in [0, 0.05) is 19.2 Å². The largest absolute Gasteiger partial charge is 0.383 e. The molecule has 164 valence electrons. The van der Waals surface area contributed by atoms with Crippen LogP contribution in [0, 0.1) is 5.92 Å². The summed E-state index contributed by atoms with van der Waals surface area (Å²) in [6.07, 6.45) is 0. The van der Waals surface area contributed by atoms with Crippen molar-refractivity contribution in [2.45, 2.75) is 44.6 Å². The fourth-order valence-electron chi connectivity index (χ4n) is 3.11. The molecule has 0 fully saturated rings. The van der Waals surface area contributed by atoms with Gasteiger partial charge in [-0.1, -0.05) is 58.0 Å². The molecule has 1 unspecified atom stereocenters. The van der Waals surface area contributed by atoms with Crippen molar-refractivity contribution in [3.8, 4) is 0 Å². The zero-order valence-electron chi connectivity index (χ0n) is 18.3. The zero-order chi connectivity index (χ0) is 22.3. The van der Waals surface area contributed by atoms with Gasteiger partial charge < -0.3 is 10.1 Å². The van der Waals surface area contributed by atoms with Crippen molar-refractivity contribution in [1.29, 1.82) is 0 Å². The number of sulfonamides is 1. The third-order valence-electron chi connectivity index (χ3n) is 4.92. The number of ether oxygens (including phenoxy) is 1. The Kier molecular flexibility index (Phi) is 8.58. The third kappa shape index (κ3) is 6.39. The summed E-state index contributed by atoms with van der Waals surface area (Å²) in [5, 5.41) is 3.05. The van der Waals surface area contributed by atoms with Crippen LogP contribution in [0.3, 0.4) is 0 Å². The summed E-state index contributed by atoms with van der Waals surface area (Å²) in [6, 6.07) is 14.1. The maximum atomic E-state index is 12.9. The van der Waals surface area contributed by atoms with Crippen LogP contribution in [0.4, 0.5) is 0 Å². The molecule has 0 spiro atoms. The second-order valence-electron chi connectivity index (χ2n) is 7.93. The highest BCUT2D eigenvalue weighted by molar-refractivity contribution is 7.89. The Morgan fingerprint density at radius 2 is 1.63 bits per heavy atom. The lowest BCUT2D eigenvalue weighted by Crippen LogP contribution is -2.32. The lowest BCUT2D eigenvalue weighted by molar-refractivity contribution is 0.0925. The quantitative estimate of drug-likeness (QED) is 0.558. The molecule has 0 heterocycles. The molecule has 0 aliphatic carbocycles. The Hall–Kier alpha value is -2.22. The third-order valence-corrected chi connectivity index (χ3v) is 6.38. The van der Waals surface area contributed by atoms with Crippen LogP contribution in [0.2, 0.25) is 0 Å². The highest BCUT2D eigenvalue weighted by Gasteiger charge is 2.21. The van der Waals surface area contributed by atoms with Crippen molar-refractivity contribution < 1.29 is 17.9 Å². The van der Waals surface area contributed by atoms with Crippen LogP contribution >= 0.6 is 0 Å². The number of hydrogen-bond acceptors (Lipinski definition) is 4. The summed E-state index contributed by atoms with van der Waals surface area (Å²) in [5.41, 5.74) is 2.56. The molecule has 0 aliphatic heterocycles. The minimum Gasteiger partial charge on any atom is -0.383 e. The maximum absolute atomic E-state index is 12.9.